The number of carbonyl (C=O) groups excluding carboxylic acids is 2. The predicted octanol–water partition coefficient (Wildman–Crippen LogP) is 17.1. The molecule has 378 valence electrons. The molecule has 1 aliphatic heterocycles. The zero-order chi connectivity index (χ0) is 47.0. The Hall–Kier alpha value is -2.37. The minimum absolute atomic E-state index is 0.0100. The Balaban J connectivity index is 2.67. The number of rotatable bonds is 49. The number of nitrogens with one attached hydrogen (secondary N) is 3. The van der Waals surface area contributed by atoms with Crippen molar-refractivity contribution in [1.29, 1.82) is 0 Å². The summed E-state index contributed by atoms with van der Waals surface area (Å²) in [7, 11) is 0. The van der Waals surface area contributed by atoms with Crippen LogP contribution in [0.2, 0.25) is 0 Å². The molecular formula is C59H111N4O2+. The van der Waals surface area contributed by atoms with Gasteiger partial charge in [-0.05, 0) is 109 Å². The molecule has 0 saturated carbocycles. The van der Waals surface area contributed by atoms with Gasteiger partial charge in [0.25, 0.3) is 0 Å². The maximum absolute atomic E-state index is 13.8. The second-order valence-corrected chi connectivity index (χ2v) is 19.9. The van der Waals surface area contributed by atoms with Crippen LogP contribution in [0.4, 0.5) is 0 Å². The molecule has 2 amide bonds. The molecule has 0 aromatic heterocycles. The molecule has 0 radical (unpaired) electrons. The molecule has 1 aliphatic rings. The SMILES string of the molecule is CCCCCCCCC=CCCCCCCCC(=O)NC(CC)(NC(=O)CCCCCCCC=CCCCCCCCC)C(CCCCCCC=CCCCCCCCC)[N+]1=CNCC1. The van der Waals surface area contributed by atoms with Crippen LogP contribution in [0.3, 0.4) is 0 Å². The zero-order valence-electron chi connectivity index (χ0n) is 44.0. The van der Waals surface area contributed by atoms with Gasteiger partial charge < -0.3 is 10.6 Å². The smallest absolute Gasteiger partial charge is 0.232 e. The molecule has 0 fully saturated rings. The topological polar surface area (TPSA) is 73.2 Å². The van der Waals surface area contributed by atoms with E-state index in [4.69, 9.17) is 0 Å². The molecule has 6 heteroatoms. The summed E-state index contributed by atoms with van der Waals surface area (Å²) in [4.78, 5) is 27.7. The fourth-order valence-corrected chi connectivity index (χ4v) is 9.56. The van der Waals surface area contributed by atoms with Crippen molar-refractivity contribution in [3.8, 4) is 0 Å². The maximum Gasteiger partial charge on any atom is 0.232 e. The van der Waals surface area contributed by atoms with E-state index in [0.29, 0.717) is 19.3 Å². The highest BCUT2D eigenvalue weighted by atomic mass is 16.2. The molecule has 0 saturated heterocycles. The van der Waals surface area contributed by atoms with E-state index in [9.17, 15) is 9.59 Å². The quantitative estimate of drug-likeness (QED) is 0.0246. The fraction of sp³-hybridized carbons (Fsp3) is 0.847. The molecule has 1 heterocycles. The number of allylic oxidation sites excluding steroid dienone is 6. The number of amides is 2. The molecule has 1 rings (SSSR count). The largest absolute Gasteiger partial charge is 0.330 e. The van der Waals surface area contributed by atoms with Crippen molar-refractivity contribution in [3.05, 3.63) is 36.5 Å². The highest BCUT2D eigenvalue weighted by Crippen LogP contribution is 2.24. The fourth-order valence-electron chi connectivity index (χ4n) is 9.56. The van der Waals surface area contributed by atoms with Crippen LogP contribution in [0.5, 0.6) is 0 Å². The van der Waals surface area contributed by atoms with Crippen LogP contribution in [-0.4, -0.2) is 47.5 Å². The minimum Gasteiger partial charge on any atom is -0.330 e. The van der Waals surface area contributed by atoms with Crippen molar-refractivity contribution in [1.82, 2.24) is 16.0 Å². The van der Waals surface area contributed by atoms with Crippen molar-refractivity contribution in [2.75, 3.05) is 13.1 Å². The summed E-state index contributed by atoms with van der Waals surface area (Å²) < 4.78 is 2.37. The van der Waals surface area contributed by atoms with Gasteiger partial charge in [-0.25, -0.2) is 0 Å². The lowest BCUT2D eigenvalue weighted by molar-refractivity contribution is -0.567. The molecule has 1 unspecified atom stereocenters. The van der Waals surface area contributed by atoms with Gasteiger partial charge in [-0.1, -0.05) is 212 Å². The second kappa shape index (κ2) is 46.7. The minimum atomic E-state index is -0.792. The summed E-state index contributed by atoms with van der Waals surface area (Å²) >= 11 is 0. The first kappa shape index (κ1) is 60.6. The average Bonchev–Trinajstić information content (AvgIpc) is 3.85. The molecule has 6 nitrogen and oxygen atoms in total. The third kappa shape index (κ3) is 36.4. The van der Waals surface area contributed by atoms with E-state index >= 15 is 0 Å². The molecule has 0 bridgehead atoms. The van der Waals surface area contributed by atoms with E-state index in [-0.39, 0.29) is 17.9 Å². The Morgan fingerprint density at radius 1 is 0.462 bits per heavy atom. The van der Waals surface area contributed by atoms with Crippen LogP contribution in [0.25, 0.3) is 0 Å². The third-order valence-corrected chi connectivity index (χ3v) is 13.8. The first-order chi connectivity index (χ1) is 32.0. The Kier molecular flexibility index (Phi) is 43.6. The van der Waals surface area contributed by atoms with E-state index in [0.717, 1.165) is 51.6 Å². The summed E-state index contributed by atoms with van der Waals surface area (Å²) in [5.41, 5.74) is -0.792. The highest BCUT2D eigenvalue weighted by Gasteiger charge is 2.44. The maximum atomic E-state index is 13.8. The van der Waals surface area contributed by atoms with Crippen molar-refractivity contribution < 1.29 is 14.2 Å². The standard InChI is InChI=1S/C59H110N4O2/c1-5-9-12-15-18-21-24-27-30-33-36-39-42-45-48-51-57(64)61-59(8-4,62-58(65)52-49-46-43-40-37-34-31-28-25-22-19-16-13-10-6-2)56(63-54-53-60-55-63)50-47-44-41-38-35-32-29-26-23-20-17-14-11-7-3/h27-32,55-56H,5-26,33-54H2,1-4H3,(H2,61,62,64,65)/p+1. The molecule has 1 atom stereocenters. The lowest BCUT2D eigenvalue weighted by atomic mass is 9.90. The van der Waals surface area contributed by atoms with Gasteiger partial charge in [0.15, 0.2) is 5.66 Å². The van der Waals surface area contributed by atoms with Gasteiger partial charge in [0.1, 0.15) is 19.1 Å². The average molecular weight is 909 g/mol. The van der Waals surface area contributed by atoms with Gasteiger partial charge in [-0.2, -0.15) is 0 Å². The van der Waals surface area contributed by atoms with Crippen LogP contribution in [0.1, 0.15) is 297 Å². The molecule has 0 aromatic rings. The van der Waals surface area contributed by atoms with Crippen LogP contribution in [0.15, 0.2) is 36.5 Å². The van der Waals surface area contributed by atoms with Crippen molar-refractivity contribution in [3.63, 3.8) is 0 Å². The summed E-state index contributed by atoms with van der Waals surface area (Å²) in [6.45, 7) is 10.8. The Morgan fingerprint density at radius 3 is 1.08 bits per heavy atom. The van der Waals surface area contributed by atoms with Crippen molar-refractivity contribution >= 4 is 18.2 Å². The number of unbranched alkanes of at least 4 members (excludes halogenated alkanes) is 32. The monoisotopic (exact) mass is 908 g/mol. The summed E-state index contributed by atoms with van der Waals surface area (Å²) in [5, 5.41) is 10.4. The van der Waals surface area contributed by atoms with Gasteiger partial charge in [0, 0.05) is 12.8 Å². The normalized spacial score (nSPS) is 14.4. The van der Waals surface area contributed by atoms with E-state index in [1.54, 1.807) is 0 Å². The number of hydrogen-bond acceptors (Lipinski definition) is 3. The van der Waals surface area contributed by atoms with E-state index in [2.05, 4.69) is 91.0 Å². The molecular weight excluding hydrogens is 797 g/mol. The number of nitrogens with zero attached hydrogens (tertiary/aromatic N) is 1. The van der Waals surface area contributed by atoms with Gasteiger partial charge in [-0.3, -0.25) is 19.5 Å². The first-order valence-electron chi connectivity index (χ1n) is 28.9. The van der Waals surface area contributed by atoms with Gasteiger partial charge in [0.2, 0.25) is 18.2 Å². The van der Waals surface area contributed by atoms with Gasteiger partial charge in [0.05, 0.1) is 0 Å². The summed E-state index contributed by atoms with van der Waals surface area (Å²) in [6, 6.07) is 0.0100. The second-order valence-electron chi connectivity index (χ2n) is 19.9. The van der Waals surface area contributed by atoms with Crippen LogP contribution in [-0.2, 0) is 9.59 Å². The van der Waals surface area contributed by atoms with Crippen LogP contribution in [0, 0.1) is 0 Å². The number of carbonyl (C=O) groups is 2. The Labute approximate surface area is 405 Å². The summed E-state index contributed by atoms with van der Waals surface area (Å²) in [6.07, 6.45) is 66.8. The lowest BCUT2D eigenvalue weighted by Crippen LogP contribution is -2.69. The lowest BCUT2D eigenvalue weighted by Gasteiger charge is -2.41. The molecule has 0 aliphatic carbocycles. The van der Waals surface area contributed by atoms with Gasteiger partial charge in [-0.15, -0.1) is 0 Å². The van der Waals surface area contributed by atoms with Crippen LogP contribution < -0.4 is 16.0 Å². The molecule has 65 heavy (non-hydrogen) atoms. The molecule has 0 aromatic carbocycles. The van der Waals surface area contributed by atoms with E-state index in [1.165, 1.54) is 212 Å². The van der Waals surface area contributed by atoms with Crippen molar-refractivity contribution in [2.45, 2.75) is 309 Å². The molecule has 3 N–H and O–H groups in total. The first-order valence-corrected chi connectivity index (χ1v) is 28.9. The predicted molar refractivity (Wildman–Crippen MR) is 286 cm³/mol. The zero-order valence-corrected chi connectivity index (χ0v) is 44.0. The van der Waals surface area contributed by atoms with E-state index < -0.39 is 5.66 Å². The summed E-state index contributed by atoms with van der Waals surface area (Å²) in [5.74, 6) is 0.159. The highest BCUT2D eigenvalue weighted by molar-refractivity contribution is 5.80. The van der Waals surface area contributed by atoms with E-state index in [1.807, 2.05) is 0 Å². The molecule has 0 spiro atoms. The Morgan fingerprint density at radius 2 is 0.769 bits per heavy atom. The van der Waals surface area contributed by atoms with Crippen molar-refractivity contribution in [2.24, 2.45) is 0 Å². The van der Waals surface area contributed by atoms with Gasteiger partial charge >= 0.3 is 0 Å². The third-order valence-electron chi connectivity index (χ3n) is 13.8. The Bertz CT molecular complexity index is 1140. The number of hydrogen-bond donors (Lipinski definition) is 3. The van der Waals surface area contributed by atoms with Crippen LogP contribution >= 0.6 is 0 Å².